The van der Waals surface area contributed by atoms with Crippen LogP contribution in [0.4, 0.5) is 5.69 Å². The predicted octanol–water partition coefficient (Wildman–Crippen LogP) is 1.28. The van der Waals surface area contributed by atoms with E-state index in [1.165, 1.54) is 6.92 Å². The van der Waals surface area contributed by atoms with Crippen molar-refractivity contribution in [1.29, 1.82) is 0 Å². The third kappa shape index (κ3) is 2.68. The van der Waals surface area contributed by atoms with Crippen LogP contribution in [0.2, 0.25) is 0 Å². The standard InChI is InChI=1S/C9H10N2O2/c1-7(12)9(11-13)10-8-5-3-2-4-6-8/h2-6,13H,1H3,(H,10,11). The average Bonchev–Trinajstić information content (AvgIpc) is 2.15. The molecule has 4 heteroatoms. The van der Waals surface area contributed by atoms with Gasteiger partial charge in [-0.25, -0.2) is 10.5 Å². The fourth-order valence-electron chi connectivity index (χ4n) is 0.814. The first-order valence-electron chi connectivity index (χ1n) is 3.79. The smallest absolute Gasteiger partial charge is 0.196 e. The maximum absolute atomic E-state index is 10.8. The van der Waals surface area contributed by atoms with Gasteiger partial charge in [-0.05, 0) is 12.1 Å². The number of aliphatic imine (C=N–C) groups is 1. The Bertz CT molecular complexity index is 320. The van der Waals surface area contributed by atoms with Gasteiger partial charge in [-0.2, -0.15) is 0 Å². The van der Waals surface area contributed by atoms with E-state index >= 15 is 0 Å². The van der Waals surface area contributed by atoms with Crippen LogP contribution in [0.15, 0.2) is 35.3 Å². The number of nitrogens with one attached hydrogen (secondary N) is 1. The van der Waals surface area contributed by atoms with Crippen molar-refractivity contribution >= 4 is 17.3 Å². The van der Waals surface area contributed by atoms with E-state index in [4.69, 9.17) is 5.21 Å². The Morgan fingerprint density at radius 1 is 1.38 bits per heavy atom. The summed E-state index contributed by atoms with van der Waals surface area (Å²) in [6.45, 7) is 1.32. The minimum atomic E-state index is -0.314. The highest BCUT2D eigenvalue weighted by Crippen LogP contribution is 2.09. The van der Waals surface area contributed by atoms with E-state index in [2.05, 4.69) is 4.99 Å². The number of para-hydroxylation sites is 1. The quantitative estimate of drug-likeness (QED) is 0.407. The minimum Gasteiger partial charge on any atom is -0.291 e. The van der Waals surface area contributed by atoms with Crippen LogP contribution in [0.5, 0.6) is 0 Å². The summed E-state index contributed by atoms with van der Waals surface area (Å²) < 4.78 is 0. The number of hydrogen-bond acceptors (Lipinski definition) is 3. The third-order valence-corrected chi connectivity index (χ3v) is 1.44. The monoisotopic (exact) mass is 178 g/mol. The zero-order valence-corrected chi connectivity index (χ0v) is 7.19. The van der Waals surface area contributed by atoms with Gasteiger partial charge < -0.3 is 0 Å². The molecule has 0 saturated heterocycles. The van der Waals surface area contributed by atoms with Crippen molar-refractivity contribution in [3.63, 3.8) is 0 Å². The Balaban J connectivity index is 2.92. The molecule has 0 radical (unpaired) electrons. The molecular formula is C9H10N2O2. The van der Waals surface area contributed by atoms with Gasteiger partial charge in [0.05, 0.1) is 5.69 Å². The van der Waals surface area contributed by atoms with Crippen LogP contribution in [-0.4, -0.2) is 16.8 Å². The lowest BCUT2D eigenvalue weighted by molar-refractivity contribution is -0.111. The molecule has 0 fully saturated rings. The summed E-state index contributed by atoms with van der Waals surface area (Å²) in [5, 5.41) is 8.56. The van der Waals surface area contributed by atoms with Crippen molar-refractivity contribution in [3.05, 3.63) is 30.3 Å². The Kier molecular flexibility index (Phi) is 3.16. The lowest BCUT2D eigenvalue weighted by Gasteiger charge is -1.98. The van der Waals surface area contributed by atoms with Crippen molar-refractivity contribution in [2.45, 2.75) is 6.92 Å². The lowest BCUT2D eigenvalue weighted by Crippen LogP contribution is -2.25. The molecular weight excluding hydrogens is 168 g/mol. The van der Waals surface area contributed by atoms with E-state index < -0.39 is 0 Å². The largest absolute Gasteiger partial charge is 0.291 e. The summed E-state index contributed by atoms with van der Waals surface area (Å²) >= 11 is 0. The number of ketones is 1. The maximum atomic E-state index is 10.8. The third-order valence-electron chi connectivity index (χ3n) is 1.44. The van der Waals surface area contributed by atoms with Crippen molar-refractivity contribution in [2.24, 2.45) is 4.99 Å². The van der Waals surface area contributed by atoms with E-state index in [9.17, 15) is 4.79 Å². The van der Waals surface area contributed by atoms with Gasteiger partial charge in [-0.1, -0.05) is 18.2 Å². The topological polar surface area (TPSA) is 61.7 Å². The molecule has 1 aromatic carbocycles. The number of carbonyl (C=O) groups excluding carboxylic acids is 1. The van der Waals surface area contributed by atoms with Crippen LogP contribution in [0.25, 0.3) is 0 Å². The first-order chi connectivity index (χ1) is 6.24. The fraction of sp³-hybridized carbons (Fsp3) is 0.111. The highest BCUT2D eigenvalue weighted by molar-refractivity contribution is 6.38. The van der Waals surface area contributed by atoms with Crippen LogP contribution in [0.3, 0.4) is 0 Å². The molecule has 0 atom stereocenters. The number of hydroxylamine groups is 1. The molecule has 0 aliphatic carbocycles. The van der Waals surface area contributed by atoms with Crippen molar-refractivity contribution in [3.8, 4) is 0 Å². The maximum Gasteiger partial charge on any atom is 0.196 e. The molecule has 68 valence electrons. The van der Waals surface area contributed by atoms with E-state index in [1.54, 1.807) is 29.7 Å². The van der Waals surface area contributed by atoms with E-state index in [0.29, 0.717) is 5.69 Å². The summed E-state index contributed by atoms with van der Waals surface area (Å²) in [6, 6.07) is 8.92. The molecule has 0 heterocycles. The number of amidine groups is 1. The number of hydrogen-bond donors (Lipinski definition) is 2. The van der Waals surface area contributed by atoms with Gasteiger partial charge in [0.15, 0.2) is 11.6 Å². The fourth-order valence-corrected chi connectivity index (χ4v) is 0.814. The first kappa shape index (κ1) is 9.41. The van der Waals surface area contributed by atoms with Gasteiger partial charge >= 0.3 is 0 Å². The Morgan fingerprint density at radius 2 is 2.00 bits per heavy atom. The van der Waals surface area contributed by atoms with E-state index in [-0.39, 0.29) is 11.6 Å². The van der Waals surface area contributed by atoms with E-state index in [1.807, 2.05) is 6.07 Å². The summed E-state index contributed by atoms with van der Waals surface area (Å²) in [5.74, 6) is -0.377. The second kappa shape index (κ2) is 4.37. The zero-order chi connectivity index (χ0) is 9.68. The van der Waals surface area contributed by atoms with E-state index in [0.717, 1.165) is 0 Å². The Labute approximate surface area is 75.9 Å². The molecule has 1 rings (SSSR count). The number of nitrogens with zero attached hydrogens (tertiary/aromatic N) is 1. The highest BCUT2D eigenvalue weighted by atomic mass is 16.5. The van der Waals surface area contributed by atoms with Crippen molar-refractivity contribution in [2.75, 3.05) is 0 Å². The molecule has 0 saturated carbocycles. The molecule has 0 aliphatic heterocycles. The zero-order valence-electron chi connectivity index (χ0n) is 7.19. The van der Waals surface area contributed by atoms with Gasteiger partial charge in [0.2, 0.25) is 0 Å². The molecule has 4 nitrogen and oxygen atoms in total. The number of rotatable bonds is 2. The average molecular weight is 178 g/mol. The SMILES string of the molecule is CC(=O)C(=Nc1ccccc1)NO. The molecule has 0 unspecified atom stereocenters. The molecule has 0 aliphatic rings. The van der Waals surface area contributed by atoms with Crippen LogP contribution in [0, 0.1) is 0 Å². The second-order valence-electron chi connectivity index (χ2n) is 2.46. The number of carbonyl (C=O) groups is 1. The Hall–Kier alpha value is -1.68. The molecule has 0 bridgehead atoms. The molecule has 0 aromatic heterocycles. The normalized spacial score (nSPS) is 11.1. The molecule has 0 amide bonds. The Morgan fingerprint density at radius 3 is 2.46 bits per heavy atom. The first-order valence-corrected chi connectivity index (χ1v) is 3.79. The van der Waals surface area contributed by atoms with Gasteiger partial charge in [0.25, 0.3) is 0 Å². The summed E-state index contributed by atoms with van der Waals surface area (Å²) in [6.07, 6.45) is 0. The van der Waals surface area contributed by atoms with Crippen LogP contribution in [-0.2, 0) is 4.79 Å². The molecule has 1 aromatic rings. The molecule has 13 heavy (non-hydrogen) atoms. The second-order valence-corrected chi connectivity index (χ2v) is 2.46. The van der Waals surface area contributed by atoms with Gasteiger partial charge in [-0.15, -0.1) is 0 Å². The molecule has 2 N–H and O–H groups in total. The predicted molar refractivity (Wildman–Crippen MR) is 49.1 cm³/mol. The van der Waals surface area contributed by atoms with Crippen LogP contribution < -0.4 is 5.48 Å². The molecule has 0 spiro atoms. The van der Waals surface area contributed by atoms with Crippen molar-refractivity contribution < 1.29 is 10.0 Å². The number of Topliss-reactive ketones (excluding diaryl/α,β-unsaturated/α-hetero) is 1. The van der Waals surface area contributed by atoms with Crippen LogP contribution >= 0.6 is 0 Å². The lowest BCUT2D eigenvalue weighted by atomic mass is 10.3. The highest BCUT2D eigenvalue weighted by Gasteiger charge is 2.02. The summed E-state index contributed by atoms with van der Waals surface area (Å²) in [7, 11) is 0. The van der Waals surface area contributed by atoms with Crippen LogP contribution in [0.1, 0.15) is 6.92 Å². The van der Waals surface area contributed by atoms with Gasteiger partial charge in [-0.3, -0.25) is 10.0 Å². The van der Waals surface area contributed by atoms with Crippen molar-refractivity contribution in [1.82, 2.24) is 5.48 Å². The summed E-state index contributed by atoms with van der Waals surface area (Å²) in [4.78, 5) is 14.7. The number of benzene rings is 1. The van der Waals surface area contributed by atoms with Gasteiger partial charge in [0, 0.05) is 6.92 Å². The summed E-state index contributed by atoms with van der Waals surface area (Å²) in [5.41, 5.74) is 2.37. The minimum absolute atomic E-state index is 0.0637. The van der Waals surface area contributed by atoms with Gasteiger partial charge in [0.1, 0.15) is 0 Å².